The van der Waals surface area contributed by atoms with Crippen molar-refractivity contribution in [2.75, 3.05) is 13.4 Å². The zero-order valence-electron chi connectivity index (χ0n) is 9.57. The highest BCUT2D eigenvalue weighted by Gasteiger charge is 2.13. The van der Waals surface area contributed by atoms with Gasteiger partial charge in [0.1, 0.15) is 10.8 Å². The number of rotatable bonds is 4. The van der Waals surface area contributed by atoms with Crippen LogP contribution in [0.1, 0.15) is 5.69 Å². The molecule has 1 aromatic carbocycles. The lowest BCUT2D eigenvalue weighted by Crippen LogP contribution is -1.90. The Balaban J connectivity index is 2.44. The van der Waals surface area contributed by atoms with E-state index in [1.807, 2.05) is 17.7 Å². The third-order valence-electron chi connectivity index (χ3n) is 2.25. The predicted molar refractivity (Wildman–Crippen MR) is 70.0 cm³/mol. The van der Waals surface area contributed by atoms with Gasteiger partial charge in [-0.3, -0.25) is 0 Å². The lowest BCUT2D eigenvalue weighted by Gasteiger charge is -2.05. The minimum atomic E-state index is -0.227. The van der Waals surface area contributed by atoms with Gasteiger partial charge < -0.3 is 4.74 Å². The normalized spacial score (nSPS) is 10.8. The largest absolute Gasteiger partial charge is 0.378 e. The third-order valence-corrected chi connectivity index (χ3v) is 3.94. The average molecular weight is 269 g/mol. The van der Waals surface area contributed by atoms with Crippen LogP contribution in [0.3, 0.4) is 0 Å². The Kier molecular flexibility index (Phi) is 4.15. The van der Waals surface area contributed by atoms with E-state index in [9.17, 15) is 4.39 Å². The van der Waals surface area contributed by atoms with Crippen molar-refractivity contribution in [2.45, 2.75) is 11.5 Å². The molecule has 0 radical (unpaired) electrons. The van der Waals surface area contributed by atoms with Gasteiger partial charge in [-0.15, -0.1) is 23.1 Å². The van der Waals surface area contributed by atoms with Crippen LogP contribution in [0.25, 0.3) is 10.6 Å². The van der Waals surface area contributed by atoms with Gasteiger partial charge in [-0.2, -0.15) is 0 Å². The molecule has 2 aromatic rings. The van der Waals surface area contributed by atoms with Crippen molar-refractivity contribution in [3.8, 4) is 10.6 Å². The van der Waals surface area contributed by atoms with Crippen LogP contribution in [0.15, 0.2) is 28.5 Å². The molecule has 2 nitrogen and oxygen atoms in total. The lowest BCUT2D eigenvalue weighted by atomic mass is 10.2. The second kappa shape index (κ2) is 5.62. The summed E-state index contributed by atoms with van der Waals surface area (Å²) in [6, 6.07) is 5.08. The zero-order chi connectivity index (χ0) is 12.3. The SMILES string of the molecule is COCc1csc(-c2c(F)cccc2SC)n1. The van der Waals surface area contributed by atoms with Crippen molar-refractivity contribution in [1.29, 1.82) is 0 Å². The van der Waals surface area contributed by atoms with Gasteiger partial charge in [0.2, 0.25) is 0 Å². The van der Waals surface area contributed by atoms with Crippen LogP contribution in [-0.4, -0.2) is 18.3 Å². The third kappa shape index (κ3) is 2.68. The van der Waals surface area contributed by atoms with Crippen molar-refractivity contribution in [1.82, 2.24) is 4.98 Å². The number of hydrogen-bond donors (Lipinski definition) is 0. The molecule has 0 bridgehead atoms. The van der Waals surface area contributed by atoms with Crippen LogP contribution in [0, 0.1) is 5.82 Å². The first-order valence-corrected chi connectivity index (χ1v) is 7.13. The molecule has 0 spiro atoms. The molecule has 0 aliphatic rings. The summed E-state index contributed by atoms with van der Waals surface area (Å²) in [6.07, 6.45) is 1.93. The maximum atomic E-state index is 13.8. The Morgan fingerprint density at radius 1 is 1.47 bits per heavy atom. The van der Waals surface area contributed by atoms with Gasteiger partial charge in [-0.1, -0.05) is 6.07 Å². The molecule has 0 aliphatic carbocycles. The van der Waals surface area contributed by atoms with E-state index in [0.29, 0.717) is 17.2 Å². The van der Waals surface area contributed by atoms with Crippen LogP contribution in [0.4, 0.5) is 4.39 Å². The summed E-state index contributed by atoms with van der Waals surface area (Å²) in [5.74, 6) is -0.227. The minimum Gasteiger partial charge on any atom is -0.378 e. The van der Waals surface area contributed by atoms with Gasteiger partial charge in [-0.25, -0.2) is 9.37 Å². The molecular formula is C12H12FNOS2. The molecule has 0 saturated heterocycles. The fourth-order valence-electron chi connectivity index (χ4n) is 1.52. The standard InChI is InChI=1S/C12H12FNOS2/c1-15-6-8-7-17-12(14-8)11-9(13)4-3-5-10(11)16-2/h3-5,7H,6H2,1-2H3. The first kappa shape index (κ1) is 12.5. The molecular weight excluding hydrogens is 257 g/mol. The molecule has 0 unspecified atom stereocenters. The molecule has 0 aliphatic heterocycles. The molecule has 0 fully saturated rings. The van der Waals surface area contributed by atoms with E-state index >= 15 is 0 Å². The van der Waals surface area contributed by atoms with Crippen LogP contribution < -0.4 is 0 Å². The van der Waals surface area contributed by atoms with Crippen molar-refractivity contribution in [2.24, 2.45) is 0 Å². The summed E-state index contributed by atoms with van der Waals surface area (Å²) >= 11 is 2.96. The first-order valence-electron chi connectivity index (χ1n) is 5.02. The summed E-state index contributed by atoms with van der Waals surface area (Å²) in [7, 11) is 1.62. The summed E-state index contributed by atoms with van der Waals surface area (Å²) in [5, 5.41) is 2.61. The van der Waals surface area contributed by atoms with Crippen LogP contribution in [-0.2, 0) is 11.3 Å². The minimum absolute atomic E-state index is 0.227. The Morgan fingerprint density at radius 3 is 3.00 bits per heavy atom. The molecule has 0 amide bonds. The fourth-order valence-corrected chi connectivity index (χ4v) is 3.06. The van der Waals surface area contributed by atoms with Crippen LogP contribution in [0.2, 0.25) is 0 Å². The maximum absolute atomic E-state index is 13.8. The van der Waals surface area contributed by atoms with E-state index in [1.165, 1.54) is 29.2 Å². The predicted octanol–water partition coefficient (Wildman–Crippen LogP) is 3.82. The second-order valence-corrected chi connectivity index (χ2v) is 5.10. The van der Waals surface area contributed by atoms with Gasteiger partial charge in [-0.05, 0) is 18.4 Å². The number of methoxy groups -OCH3 is 1. The summed E-state index contributed by atoms with van der Waals surface area (Å²) in [6.45, 7) is 0.458. The molecule has 1 heterocycles. The number of halogens is 1. The summed E-state index contributed by atoms with van der Waals surface area (Å²) in [4.78, 5) is 5.29. The van der Waals surface area contributed by atoms with E-state index in [2.05, 4.69) is 4.98 Å². The maximum Gasteiger partial charge on any atom is 0.134 e. The van der Waals surface area contributed by atoms with Crippen LogP contribution in [0.5, 0.6) is 0 Å². The first-order chi connectivity index (χ1) is 8.26. The van der Waals surface area contributed by atoms with Crippen molar-refractivity contribution in [3.05, 3.63) is 35.1 Å². The van der Waals surface area contributed by atoms with Crippen LogP contribution >= 0.6 is 23.1 Å². The Morgan fingerprint density at radius 2 is 2.29 bits per heavy atom. The molecule has 90 valence electrons. The second-order valence-electron chi connectivity index (χ2n) is 3.39. The summed E-state index contributed by atoms with van der Waals surface area (Å²) < 4.78 is 18.8. The molecule has 2 rings (SSSR count). The number of nitrogens with zero attached hydrogens (tertiary/aromatic N) is 1. The Bertz CT molecular complexity index is 513. The summed E-state index contributed by atoms with van der Waals surface area (Å²) in [5.41, 5.74) is 1.43. The molecule has 1 aromatic heterocycles. The molecule has 0 atom stereocenters. The number of thioether (sulfide) groups is 1. The quantitative estimate of drug-likeness (QED) is 0.788. The fraction of sp³-hybridized carbons (Fsp3) is 0.250. The van der Waals surface area contributed by atoms with Gasteiger partial charge in [0, 0.05) is 17.4 Å². The zero-order valence-corrected chi connectivity index (χ0v) is 11.2. The lowest BCUT2D eigenvalue weighted by molar-refractivity contribution is 0.182. The molecule has 5 heteroatoms. The van der Waals surface area contributed by atoms with Gasteiger partial charge in [0.05, 0.1) is 17.9 Å². The Labute approximate surface area is 108 Å². The highest BCUT2D eigenvalue weighted by atomic mass is 32.2. The highest BCUT2D eigenvalue weighted by Crippen LogP contribution is 2.34. The number of hydrogen-bond acceptors (Lipinski definition) is 4. The molecule has 17 heavy (non-hydrogen) atoms. The van der Waals surface area contributed by atoms with E-state index in [0.717, 1.165) is 10.6 Å². The Hall–Kier alpha value is -0.910. The van der Waals surface area contributed by atoms with Gasteiger partial charge in [0.15, 0.2) is 0 Å². The average Bonchev–Trinajstić information content (AvgIpc) is 2.77. The number of ether oxygens (including phenoxy) is 1. The smallest absolute Gasteiger partial charge is 0.134 e. The molecule has 0 N–H and O–H groups in total. The van der Waals surface area contributed by atoms with Crippen molar-refractivity contribution < 1.29 is 9.13 Å². The monoisotopic (exact) mass is 269 g/mol. The highest BCUT2D eigenvalue weighted by molar-refractivity contribution is 7.98. The van der Waals surface area contributed by atoms with Gasteiger partial charge in [0.25, 0.3) is 0 Å². The van der Waals surface area contributed by atoms with E-state index < -0.39 is 0 Å². The van der Waals surface area contributed by atoms with E-state index in [4.69, 9.17) is 4.74 Å². The number of benzene rings is 1. The topological polar surface area (TPSA) is 22.1 Å². The number of thiazole rings is 1. The van der Waals surface area contributed by atoms with E-state index in [-0.39, 0.29) is 5.82 Å². The van der Waals surface area contributed by atoms with Gasteiger partial charge >= 0.3 is 0 Å². The number of aromatic nitrogens is 1. The molecule has 0 saturated carbocycles. The van der Waals surface area contributed by atoms with Crippen molar-refractivity contribution in [3.63, 3.8) is 0 Å². The van der Waals surface area contributed by atoms with Crippen molar-refractivity contribution >= 4 is 23.1 Å². The van der Waals surface area contributed by atoms with E-state index in [1.54, 1.807) is 13.2 Å².